The molecule has 0 atom stereocenters. The molecule has 2 heteroatoms. The minimum atomic E-state index is 0.805. The van der Waals surface area contributed by atoms with Crippen molar-refractivity contribution < 1.29 is 0 Å². The van der Waals surface area contributed by atoms with Gasteiger partial charge in [0.05, 0.1) is 0 Å². The molecule has 0 aliphatic heterocycles. The number of anilines is 1. The lowest BCUT2D eigenvalue weighted by atomic mass is 10.1. The van der Waals surface area contributed by atoms with Crippen LogP contribution in [0.3, 0.4) is 0 Å². The first-order chi connectivity index (χ1) is 7.36. The quantitative estimate of drug-likeness (QED) is 0.695. The Morgan fingerprint density at radius 1 is 0.667 bits per heavy atom. The van der Waals surface area contributed by atoms with Crippen LogP contribution in [0, 0.1) is 0 Å². The smallest absolute Gasteiger partial charge is 0.0314 e. The van der Waals surface area contributed by atoms with Gasteiger partial charge in [0.25, 0.3) is 0 Å². The highest BCUT2D eigenvalue weighted by molar-refractivity contribution is 5.65. The summed E-state index contributed by atoms with van der Waals surface area (Å²) in [5.41, 5.74) is 13.3. The first kappa shape index (κ1) is 11.3. The van der Waals surface area contributed by atoms with Gasteiger partial charge in [-0.15, -0.1) is 0 Å². The number of benzene rings is 2. The summed E-state index contributed by atoms with van der Waals surface area (Å²) in [6.07, 6.45) is 0. The summed E-state index contributed by atoms with van der Waals surface area (Å²) in [5, 5.41) is 0. The van der Waals surface area contributed by atoms with Crippen molar-refractivity contribution >= 4 is 5.69 Å². The zero-order valence-corrected chi connectivity index (χ0v) is 8.85. The van der Waals surface area contributed by atoms with Gasteiger partial charge in [0, 0.05) is 5.69 Å². The molecule has 0 fully saturated rings. The maximum absolute atomic E-state index is 5.60. The summed E-state index contributed by atoms with van der Waals surface area (Å²) in [4.78, 5) is 0. The van der Waals surface area contributed by atoms with E-state index in [0.29, 0.717) is 0 Å². The molecular weight excluding hydrogens is 184 g/mol. The topological polar surface area (TPSA) is 52.0 Å². The Labute approximate surface area is 90.5 Å². The summed E-state index contributed by atoms with van der Waals surface area (Å²) >= 11 is 0. The van der Waals surface area contributed by atoms with E-state index in [0.717, 1.165) is 5.69 Å². The van der Waals surface area contributed by atoms with Crippen LogP contribution >= 0.6 is 0 Å². The highest BCUT2D eigenvalue weighted by Gasteiger charge is 1.94. The van der Waals surface area contributed by atoms with Gasteiger partial charge in [-0.05, 0) is 30.3 Å². The molecule has 78 valence electrons. The first-order valence-corrected chi connectivity index (χ1v) is 4.85. The Morgan fingerprint density at radius 3 is 1.67 bits per heavy atom. The van der Waals surface area contributed by atoms with Crippen LogP contribution in [0.2, 0.25) is 0 Å². The van der Waals surface area contributed by atoms with Crippen LogP contribution in [0.25, 0.3) is 11.1 Å². The Balaban J connectivity index is 0.000000531. The van der Waals surface area contributed by atoms with Gasteiger partial charge in [0.2, 0.25) is 0 Å². The molecule has 0 amide bonds. The van der Waals surface area contributed by atoms with Crippen molar-refractivity contribution in [3.63, 3.8) is 0 Å². The van der Waals surface area contributed by atoms with E-state index in [4.69, 9.17) is 5.73 Å². The molecule has 0 bridgehead atoms. The highest BCUT2D eigenvalue weighted by atomic mass is 14.5. The second-order valence-electron chi connectivity index (χ2n) is 2.99. The third-order valence-corrected chi connectivity index (χ3v) is 2.02. The molecule has 0 unspecified atom stereocenters. The van der Waals surface area contributed by atoms with Crippen LogP contribution in [0.4, 0.5) is 5.69 Å². The van der Waals surface area contributed by atoms with Crippen molar-refractivity contribution in [2.45, 2.75) is 0 Å². The highest BCUT2D eigenvalue weighted by Crippen LogP contribution is 2.19. The minimum Gasteiger partial charge on any atom is -0.399 e. The number of hydrogen-bond donors (Lipinski definition) is 2. The number of rotatable bonds is 1. The predicted molar refractivity (Wildman–Crippen MR) is 66.4 cm³/mol. The normalized spacial score (nSPS) is 8.93. The lowest BCUT2D eigenvalue weighted by molar-refractivity contribution is 1.48. The minimum absolute atomic E-state index is 0.805. The van der Waals surface area contributed by atoms with Crippen molar-refractivity contribution in [3.8, 4) is 11.1 Å². The zero-order chi connectivity index (χ0) is 11.1. The molecule has 2 aromatic rings. The molecule has 2 rings (SSSR count). The second kappa shape index (κ2) is 5.83. The van der Waals surface area contributed by atoms with Gasteiger partial charge in [-0.3, -0.25) is 0 Å². The van der Waals surface area contributed by atoms with Gasteiger partial charge in [-0.1, -0.05) is 42.5 Å². The second-order valence-corrected chi connectivity index (χ2v) is 2.99. The predicted octanol–water partition coefficient (Wildman–Crippen LogP) is 2.51. The maximum atomic E-state index is 5.60. The average Bonchev–Trinajstić information content (AvgIpc) is 2.34. The Kier molecular flexibility index (Phi) is 4.38. The van der Waals surface area contributed by atoms with E-state index in [-0.39, 0.29) is 0 Å². The molecule has 0 aromatic heterocycles. The van der Waals surface area contributed by atoms with E-state index >= 15 is 0 Å². The fourth-order valence-corrected chi connectivity index (χ4v) is 1.31. The van der Waals surface area contributed by atoms with E-state index in [2.05, 4.69) is 17.9 Å². The third kappa shape index (κ3) is 3.11. The Bertz CT molecular complexity index is 379. The van der Waals surface area contributed by atoms with Crippen molar-refractivity contribution in [2.24, 2.45) is 5.73 Å². The van der Waals surface area contributed by atoms with Gasteiger partial charge in [0.1, 0.15) is 0 Å². The maximum Gasteiger partial charge on any atom is 0.0314 e. The average molecular weight is 200 g/mol. The van der Waals surface area contributed by atoms with E-state index < -0.39 is 0 Å². The van der Waals surface area contributed by atoms with E-state index in [1.807, 2.05) is 42.5 Å². The van der Waals surface area contributed by atoms with Gasteiger partial charge in [0.15, 0.2) is 0 Å². The molecular formula is C13H16N2. The van der Waals surface area contributed by atoms with Crippen LogP contribution in [0.15, 0.2) is 54.6 Å². The molecule has 0 aliphatic rings. The van der Waals surface area contributed by atoms with Crippen LogP contribution in [0.5, 0.6) is 0 Å². The van der Waals surface area contributed by atoms with E-state index in [1.54, 1.807) is 0 Å². The third-order valence-electron chi connectivity index (χ3n) is 2.02. The van der Waals surface area contributed by atoms with Gasteiger partial charge < -0.3 is 11.5 Å². The Hall–Kier alpha value is -1.80. The standard InChI is InChI=1S/C12H11N.CH5N/c13-12-8-6-11(7-9-12)10-4-2-1-3-5-10;1-2/h1-9H,13H2;2H2,1H3. The van der Waals surface area contributed by atoms with Gasteiger partial charge in [-0.2, -0.15) is 0 Å². The molecule has 0 saturated carbocycles. The van der Waals surface area contributed by atoms with Gasteiger partial charge >= 0.3 is 0 Å². The lowest BCUT2D eigenvalue weighted by Gasteiger charge is -2.00. The van der Waals surface area contributed by atoms with Crippen LogP contribution < -0.4 is 11.5 Å². The number of hydrogen-bond acceptors (Lipinski definition) is 2. The lowest BCUT2D eigenvalue weighted by Crippen LogP contribution is -1.83. The molecule has 0 heterocycles. The van der Waals surface area contributed by atoms with Crippen molar-refractivity contribution in [3.05, 3.63) is 54.6 Å². The van der Waals surface area contributed by atoms with Crippen molar-refractivity contribution in [2.75, 3.05) is 12.8 Å². The van der Waals surface area contributed by atoms with Crippen LogP contribution in [-0.4, -0.2) is 7.05 Å². The SMILES string of the molecule is CN.Nc1ccc(-c2ccccc2)cc1. The van der Waals surface area contributed by atoms with Crippen LogP contribution in [0.1, 0.15) is 0 Å². The van der Waals surface area contributed by atoms with Gasteiger partial charge in [-0.25, -0.2) is 0 Å². The van der Waals surface area contributed by atoms with Crippen molar-refractivity contribution in [1.82, 2.24) is 0 Å². The summed E-state index contributed by atoms with van der Waals surface area (Å²) < 4.78 is 0. The molecule has 15 heavy (non-hydrogen) atoms. The molecule has 0 aliphatic carbocycles. The number of nitrogens with two attached hydrogens (primary N) is 2. The molecule has 2 aromatic carbocycles. The monoisotopic (exact) mass is 200 g/mol. The van der Waals surface area contributed by atoms with Crippen LogP contribution in [-0.2, 0) is 0 Å². The summed E-state index contributed by atoms with van der Waals surface area (Å²) in [7, 11) is 1.50. The molecule has 0 radical (unpaired) electrons. The summed E-state index contributed by atoms with van der Waals surface area (Å²) in [6.45, 7) is 0. The summed E-state index contributed by atoms with van der Waals surface area (Å²) in [6, 6.07) is 18.2. The Morgan fingerprint density at radius 2 is 1.13 bits per heavy atom. The zero-order valence-electron chi connectivity index (χ0n) is 8.85. The molecule has 2 nitrogen and oxygen atoms in total. The van der Waals surface area contributed by atoms with Crippen molar-refractivity contribution in [1.29, 1.82) is 0 Å². The fourth-order valence-electron chi connectivity index (χ4n) is 1.31. The first-order valence-electron chi connectivity index (χ1n) is 4.85. The fraction of sp³-hybridized carbons (Fsp3) is 0.0769. The molecule has 0 spiro atoms. The van der Waals surface area contributed by atoms with E-state index in [1.165, 1.54) is 18.2 Å². The molecule has 0 saturated heterocycles. The largest absolute Gasteiger partial charge is 0.399 e. The molecule has 4 N–H and O–H groups in total. The number of nitrogen functional groups attached to an aromatic ring is 1. The van der Waals surface area contributed by atoms with E-state index in [9.17, 15) is 0 Å². The summed E-state index contributed by atoms with van der Waals surface area (Å²) in [5.74, 6) is 0.